The zero-order valence-electron chi connectivity index (χ0n) is 22.1. The molecule has 1 fully saturated rings. The number of halogens is 2. The Bertz CT molecular complexity index is 1650. The fourth-order valence-electron chi connectivity index (χ4n) is 5.65. The van der Waals surface area contributed by atoms with Gasteiger partial charge in [0.2, 0.25) is 5.91 Å². The van der Waals surface area contributed by atoms with Gasteiger partial charge in [0.15, 0.2) is 17.5 Å². The average molecular weight is 621 g/mol. The fourth-order valence-corrected chi connectivity index (χ4v) is 7.76. The van der Waals surface area contributed by atoms with E-state index in [0.29, 0.717) is 18.6 Å². The summed E-state index contributed by atoms with van der Waals surface area (Å²) in [6.45, 7) is 0.142. The second-order valence-electron chi connectivity index (χ2n) is 9.72. The second kappa shape index (κ2) is 10.7. The number of carbonyl (C=O) groups is 2. The average Bonchev–Trinajstić information content (AvgIpc) is 3.55. The van der Waals surface area contributed by atoms with Crippen LogP contribution in [0.2, 0.25) is 10.0 Å². The number of aliphatic hydroxyl groups is 1. The molecule has 2 heterocycles. The molecule has 0 saturated carbocycles. The summed E-state index contributed by atoms with van der Waals surface area (Å²) in [5.41, 5.74) is 3.46. The minimum absolute atomic E-state index is 0.0137. The Balaban J connectivity index is 1.80. The van der Waals surface area contributed by atoms with Gasteiger partial charge in [-0.25, -0.2) is 12.7 Å². The maximum absolute atomic E-state index is 14.5. The second-order valence-corrected chi connectivity index (χ2v) is 12.4. The third-order valence-corrected chi connectivity index (χ3v) is 9.87. The Hall–Kier alpha value is -3.51. The number of nitrogens with two attached hydrogens (primary N) is 1. The van der Waals surface area contributed by atoms with E-state index < -0.39 is 39.5 Å². The maximum Gasteiger partial charge on any atom is 0.265 e. The molecule has 13 heteroatoms. The minimum atomic E-state index is -4.59. The van der Waals surface area contributed by atoms with E-state index in [2.05, 4.69) is 0 Å². The number of anilines is 1. The van der Waals surface area contributed by atoms with Crippen molar-refractivity contribution in [3.63, 3.8) is 0 Å². The number of nitrogens with zero attached hydrogens (tertiary/aromatic N) is 2. The zero-order chi connectivity index (χ0) is 29.7. The van der Waals surface area contributed by atoms with Crippen LogP contribution < -0.4 is 19.5 Å². The summed E-state index contributed by atoms with van der Waals surface area (Å²) < 4.78 is 40.4. The van der Waals surface area contributed by atoms with Crippen molar-refractivity contribution in [3.8, 4) is 11.5 Å². The van der Waals surface area contributed by atoms with E-state index in [0.717, 1.165) is 4.31 Å². The number of benzene rings is 3. The predicted molar refractivity (Wildman–Crippen MR) is 153 cm³/mol. The lowest BCUT2D eigenvalue weighted by molar-refractivity contribution is -0.141. The van der Waals surface area contributed by atoms with Crippen LogP contribution in [0, 0.1) is 0 Å². The van der Waals surface area contributed by atoms with Crippen molar-refractivity contribution in [3.05, 3.63) is 81.8 Å². The monoisotopic (exact) mass is 619 g/mol. The van der Waals surface area contributed by atoms with Gasteiger partial charge >= 0.3 is 0 Å². The first-order chi connectivity index (χ1) is 19.5. The molecular formula is C28H27Cl2N3O7S. The molecule has 2 aliphatic rings. The van der Waals surface area contributed by atoms with E-state index in [1.807, 2.05) is 0 Å². The lowest BCUT2D eigenvalue weighted by Gasteiger charge is -2.38. The maximum atomic E-state index is 14.5. The van der Waals surface area contributed by atoms with E-state index in [9.17, 15) is 23.1 Å². The van der Waals surface area contributed by atoms with Gasteiger partial charge < -0.3 is 25.2 Å². The van der Waals surface area contributed by atoms with E-state index in [1.54, 1.807) is 12.1 Å². The molecule has 1 saturated heterocycles. The van der Waals surface area contributed by atoms with Crippen LogP contribution in [-0.2, 0) is 25.2 Å². The Morgan fingerprint density at radius 2 is 1.71 bits per heavy atom. The third kappa shape index (κ3) is 4.57. The van der Waals surface area contributed by atoms with Crippen LogP contribution in [0.25, 0.3) is 0 Å². The minimum Gasteiger partial charge on any atom is -0.493 e. The van der Waals surface area contributed by atoms with E-state index in [-0.39, 0.29) is 44.0 Å². The van der Waals surface area contributed by atoms with Crippen molar-refractivity contribution in [1.29, 1.82) is 0 Å². The smallest absolute Gasteiger partial charge is 0.265 e. The summed E-state index contributed by atoms with van der Waals surface area (Å²) >= 11 is 12.9. The van der Waals surface area contributed by atoms with Gasteiger partial charge in [0.05, 0.1) is 24.8 Å². The topological polar surface area (TPSA) is 139 Å². The number of sulfonamides is 1. The normalized spacial score (nSPS) is 22.0. The largest absolute Gasteiger partial charge is 0.493 e. The molecule has 0 unspecified atom stereocenters. The summed E-state index contributed by atoms with van der Waals surface area (Å²) in [4.78, 5) is 27.7. The molecular weight excluding hydrogens is 593 g/mol. The summed E-state index contributed by atoms with van der Waals surface area (Å²) in [6, 6.07) is 11.8. The molecule has 3 aromatic rings. The molecule has 3 atom stereocenters. The van der Waals surface area contributed by atoms with Gasteiger partial charge in [-0.2, -0.15) is 0 Å². The Kier molecular flexibility index (Phi) is 7.58. The molecule has 5 rings (SSSR count). The van der Waals surface area contributed by atoms with Gasteiger partial charge in [-0.15, -0.1) is 0 Å². The van der Waals surface area contributed by atoms with E-state index in [1.165, 1.54) is 67.7 Å². The highest BCUT2D eigenvalue weighted by atomic mass is 35.5. The Labute approximate surface area is 247 Å². The van der Waals surface area contributed by atoms with Gasteiger partial charge in [0.1, 0.15) is 11.6 Å². The first-order valence-corrected chi connectivity index (χ1v) is 14.8. The standard InChI is InChI=1S/C28H27Cl2N3O7S/c1-39-23-12-10-17(15-24(23)40-2)41(37,38)33-21-11-9-16(29)14-19(21)28(36,18-6-3-4-7-20(18)30)25(33)27(35)32-13-5-8-22(32)26(31)34/h3-4,6-7,9-12,14-15,22,25,36H,5,8,13H2,1-2H3,(H2,31,34)/t22-,25+,28+/m0/s1. The van der Waals surface area contributed by atoms with Crippen molar-refractivity contribution in [1.82, 2.24) is 4.90 Å². The molecule has 0 spiro atoms. The highest BCUT2D eigenvalue weighted by Crippen LogP contribution is 2.53. The molecule has 2 amide bonds. The predicted octanol–water partition coefficient (Wildman–Crippen LogP) is 3.30. The highest BCUT2D eigenvalue weighted by molar-refractivity contribution is 7.93. The number of methoxy groups -OCH3 is 2. The number of primary amides is 1. The van der Waals surface area contributed by atoms with Crippen molar-refractivity contribution in [2.75, 3.05) is 25.1 Å². The Morgan fingerprint density at radius 1 is 1.00 bits per heavy atom. The number of likely N-dealkylation sites (tertiary alicyclic amines) is 1. The first kappa shape index (κ1) is 29.0. The summed E-state index contributed by atoms with van der Waals surface area (Å²) in [5, 5.41) is 12.9. The third-order valence-electron chi connectivity index (χ3n) is 7.53. The Morgan fingerprint density at radius 3 is 2.37 bits per heavy atom. The number of amides is 2. The van der Waals surface area contributed by atoms with Gasteiger partial charge in [0.25, 0.3) is 15.9 Å². The summed E-state index contributed by atoms with van der Waals surface area (Å²) in [7, 11) is -1.81. The SMILES string of the molecule is COc1ccc(S(=O)(=O)N2c3ccc(Cl)cc3[C@](O)(c3ccccc3Cl)[C@H]2C(=O)N2CCC[C@H]2C(N)=O)cc1OC. The molecule has 0 radical (unpaired) electrons. The van der Waals surface area contributed by atoms with Crippen LogP contribution >= 0.6 is 23.2 Å². The van der Waals surface area contributed by atoms with Gasteiger partial charge in [0, 0.05) is 33.8 Å². The molecule has 0 bridgehead atoms. The van der Waals surface area contributed by atoms with Gasteiger partial charge in [-0.3, -0.25) is 9.59 Å². The lowest BCUT2D eigenvalue weighted by Crippen LogP contribution is -2.59. The summed E-state index contributed by atoms with van der Waals surface area (Å²) in [5.74, 6) is -1.11. The van der Waals surface area contributed by atoms with Crippen molar-refractivity contribution in [2.24, 2.45) is 5.73 Å². The van der Waals surface area contributed by atoms with Gasteiger partial charge in [-0.05, 0) is 49.2 Å². The van der Waals surface area contributed by atoms with Crippen molar-refractivity contribution in [2.45, 2.75) is 35.4 Å². The van der Waals surface area contributed by atoms with Crippen LogP contribution in [0.4, 0.5) is 5.69 Å². The molecule has 0 aromatic heterocycles. The highest BCUT2D eigenvalue weighted by Gasteiger charge is 2.61. The van der Waals surface area contributed by atoms with Crippen LogP contribution in [-0.4, -0.2) is 63.1 Å². The molecule has 10 nitrogen and oxygen atoms in total. The summed E-state index contributed by atoms with van der Waals surface area (Å²) in [6.07, 6.45) is 0.775. The number of hydrogen-bond donors (Lipinski definition) is 2. The van der Waals surface area contributed by atoms with E-state index in [4.69, 9.17) is 38.4 Å². The van der Waals surface area contributed by atoms with Crippen LogP contribution in [0.1, 0.15) is 24.0 Å². The molecule has 3 N–H and O–H groups in total. The number of rotatable bonds is 7. The molecule has 41 heavy (non-hydrogen) atoms. The fraction of sp³-hybridized carbons (Fsp3) is 0.286. The van der Waals surface area contributed by atoms with Gasteiger partial charge in [-0.1, -0.05) is 41.4 Å². The molecule has 216 valence electrons. The number of carbonyl (C=O) groups excluding carboxylic acids is 2. The molecule has 3 aromatic carbocycles. The zero-order valence-corrected chi connectivity index (χ0v) is 24.4. The number of ether oxygens (including phenoxy) is 2. The van der Waals surface area contributed by atoms with Crippen molar-refractivity contribution >= 4 is 50.7 Å². The number of hydrogen-bond acceptors (Lipinski definition) is 7. The van der Waals surface area contributed by atoms with Crippen LogP contribution in [0.3, 0.4) is 0 Å². The quantitative estimate of drug-likeness (QED) is 0.413. The van der Waals surface area contributed by atoms with E-state index >= 15 is 0 Å². The van der Waals surface area contributed by atoms with Crippen LogP contribution in [0.5, 0.6) is 11.5 Å². The van der Waals surface area contributed by atoms with Crippen molar-refractivity contribution < 1.29 is 32.6 Å². The number of fused-ring (bicyclic) bond motifs is 1. The molecule has 2 aliphatic heterocycles. The molecule has 0 aliphatic carbocycles. The lowest BCUT2D eigenvalue weighted by atomic mass is 9.82. The van der Waals surface area contributed by atoms with Crippen LogP contribution in [0.15, 0.2) is 65.6 Å². The first-order valence-electron chi connectivity index (χ1n) is 12.6.